The summed E-state index contributed by atoms with van der Waals surface area (Å²) in [4.78, 5) is 5.42. The number of aryl methyl sites for hydroxylation is 2. The van der Waals surface area contributed by atoms with Crippen molar-refractivity contribution in [3.8, 4) is 11.3 Å². The Morgan fingerprint density at radius 3 is 2.62 bits per heavy atom. The van der Waals surface area contributed by atoms with Crippen LogP contribution in [0.25, 0.3) is 16.2 Å². The van der Waals surface area contributed by atoms with Gasteiger partial charge in [-0.05, 0) is 37.1 Å². The van der Waals surface area contributed by atoms with Crippen molar-refractivity contribution < 1.29 is 12.8 Å². The van der Waals surface area contributed by atoms with Gasteiger partial charge < -0.3 is 0 Å². The van der Waals surface area contributed by atoms with Gasteiger partial charge in [0.1, 0.15) is 10.8 Å². The summed E-state index contributed by atoms with van der Waals surface area (Å²) in [5.41, 5.74) is 2.50. The third-order valence-corrected chi connectivity index (χ3v) is 7.01. The van der Waals surface area contributed by atoms with Crippen LogP contribution in [0.15, 0.2) is 53.4 Å². The topological polar surface area (TPSA) is 76.4 Å². The molecule has 0 unspecified atom stereocenters. The second kappa shape index (κ2) is 7.66. The molecule has 0 aliphatic heterocycles. The van der Waals surface area contributed by atoms with Crippen LogP contribution in [0.3, 0.4) is 0 Å². The predicted octanol–water partition coefficient (Wildman–Crippen LogP) is 3.95. The molecule has 0 spiro atoms. The molecule has 0 aliphatic rings. The highest BCUT2D eigenvalue weighted by Gasteiger charge is 2.21. The molecule has 1 N–H and O–H groups in total. The number of nitrogens with one attached hydrogen (secondary N) is 1. The lowest BCUT2D eigenvalue weighted by Crippen LogP contribution is -2.24. The van der Waals surface area contributed by atoms with E-state index in [-0.39, 0.29) is 17.0 Å². The largest absolute Gasteiger partial charge is 0.240 e. The number of nitrogens with zero attached hydrogens (tertiary/aromatic N) is 3. The first-order valence-corrected chi connectivity index (χ1v) is 11.4. The summed E-state index contributed by atoms with van der Waals surface area (Å²) < 4.78 is 43.3. The van der Waals surface area contributed by atoms with Crippen molar-refractivity contribution in [2.45, 2.75) is 31.7 Å². The summed E-state index contributed by atoms with van der Waals surface area (Å²) in [7, 11) is -3.82. The van der Waals surface area contributed by atoms with E-state index in [1.165, 1.54) is 30.4 Å². The van der Waals surface area contributed by atoms with Gasteiger partial charge in [0.15, 0.2) is 0 Å². The number of rotatable bonds is 6. The number of aromatic nitrogens is 3. The maximum Gasteiger partial charge on any atom is 0.240 e. The monoisotopic (exact) mass is 430 g/mol. The minimum Gasteiger partial charge on any atom is -0.217 e. The number of imidazole rings is 1. The normalized spacial score (nSPS) is 12.0. The molecular formula is C20H19FN4O2S2. The van der Waals surface area contributed by atoms with Crippen LogP contribution >= 0.6 is 11.3 Å². The van der Waals surface area contributed by atoms with Gasteiger partial charge in [-0.25, -0.2) is 27.0 Å². The Balaban J connectivity index is 1.72. The zero-order chi connectivity index (χ0) is 20.6. The summed E-state index contributed by atoms with van der Waals surface area (Å²) in [6, 6.07) is 13.3. The van der Waals surface area contributed by atoms with Gasteiger partial charge in [-0.2, -0.15) is 5.10 Å². The van der Waals surface area contributed by atoms with Crippen molar-refractivity contribution in [3.63, 3.8) is 0 Å². The summed E-state index contributed by atoms with van der Waals surface area (Å²) in [6.45, 7) is 3.55. The maximum absolute atomic E-state index is 13.5. The molecule has 0 bridgehead atoms. The van der Waals surface area contributed by atoms with Gasteiger partial charge in [0.2, 0.25) is 15.0 Å². The van der Waals surface area contributed by atoms with Crippen LogP contribution in [-0.2, 0) is 23.0 Å². The molecule has 6 nitrogen and oxygen atoms in total. The molecule has 0 saturated carbocycles. The van der Waals surface area contributed by atoms with E-state index >= 15 is 0 Å². The molecule has 150 valence electrons. The fraction of sp³-hybridized carbons (Fsp3) is 0.200. The second-order valence-electron chi connectivity index (χ2n) is 6.55. The van der Waals surface area contributed by atoms with Crippen molar-refractivity contribution in [2.24, 2.45) is 0 Å². The zero-order valence-corrected chi connectivity index (χ0v) is 17.5. The first-order chi connectivity index (χ1) is 13.9. The van der Waals surface area contributed by atoms with E-state index in [4.69, 9.17) is 0 Å². The van der Waals surface area contributed by atoms with Crippen LogP contribution in [0.4, 0.5) is 4.39 Å². The molecule has 0 fully saturated rings. The van der Waals surface area contributed by atoms with Crippen LogP contribution in [0.1, 0.15) is 23.2 Å². The summed E-state index contributed by atoms with van der Waals surface area (Å²) in [5.74, 6) is -0.442. The van der Waals surface area contributed by atoms with Crippen LogP contribution in [-0.4, -0.2) is 23.0 Å². The molecular weight excluding hydrogens is 411 g/mol. The summed E-state index contributed by atoms with van der Waals surface area (Å²) >= 11 is 1.48. The Bertz CT molecular complexity index is 1280. The molecule has 0 saturated heterocycles. The molecule has 0 radical (unpaired) electrons. The minimum atomic E-state index is -3.82. The quantitative estimate of drug-likeness (QED) is 0.503. The van der Waals surface area contributed by atoms with E-state index in [0.29, 0.717) is 16.3 Å². The third-order valence-electron chi connectivity index (χ3n) is 4.56. The van der Waals surface area contributed by atoms with E-state index in [9.17, 15) is 12.8 Å². The molecule has 2 heterocycles. The highest BCUT2D eigenvalue weighted by molar-refractivity contribution is 7.89. The fourth-order valence-electron chi connectivity index (χ4n) is 2.99. The highest BCUT2D eigenvalue weighted by Crippen LogP contribution is 2.27. The van der Waals surface area contributed by atoms with Gasteiger partial charge >= 0.3 is 0 Å². The number of benzene rings is 2. The van der Waals surface area contributed by atoms with Crippen LogP contribution in [0, 0.1) is 12.7 Å². The Morgan fingerprint density at radius 2 is 1.93 bits per heavy atom. The lowest BCUT2D eigenvalue weighted by Gasteiger charge is -2.09. The van der Waals surface area contributed by atoms with Gasteiger partial charge in [-0.3, -0.25) is 0 Å². The smallest absolute Gasteiger partial charge is 0.217 e. The molecule has 0 atom stereocenters. The van der Waals surface area contributed by atoms with E-state index in [1.54, 1.807) is 4.52 Å². The molecule has 0 amide bonds. The van der Waals surface area contributed by atoms with E-state index in [2.05, 4.69) is 14.8 Å². The van der Waals surface area contributed by atoms with Crippen molar-refractivity contribution in [3.05, 3.63) is 70.6 Å². The van der Waals surface area contributed by atoms with Crippen molar-refractivity contribution in [1.29, 1.82) is 0 Å². The zero-order valence-electron chi connectivity index (χ0n) is 15.9. The first kappa shape index (κ1) is 19.7. The van der Waals surface area contributed by atoms with E-state index in [1.807, 2.05) is 37.3 Å². The number of fused-ring (bicyclic) bond motifs is 1. The summed E-state index contributed by atoms with van der Waals surface area (Å²) in [5, 5.41) is 5.49. The molecule has 2 aromatic heterocycles. The SMILES string of the molecule is CCc1nn2c(CNS(=O)(=O)c3ccc(F)c(C)c3)c(-c3ccccc3)nc2s1. The Hall–Kier alpha value is -2.62. The predicted molar refractivity (Wildman–Crippen MR) is 111 cm³/mol. The molecule has 29 heavy (non-hydrogen) atoms. The second-order valence-corrected chi connectivity index (χ2v) is 9.36. The van der Waals surface area contributed by atoms with E-state index < -0.39 is 15.8 Å². The number of sulfonamides is 1. The Kier molecular flexibility index (Phi) is 5.20. The van der Waals surface area contributed by atoms with Gasteiger partial charge in [-0.15, -0.1) is 0 Å². The van der Waals surface area contributed by atoms with Crippen LogP contribution in [0.5, 0.6) is 0 Å². The lowest BCUT2D eigenvalue weighted by molar-refractivity contribution is 0.578. The highest BCUT2D eigenvalue weighted by atomic mass is 32.2. The Morgan fingerprint density at radius 1 is 1.17 bits per heavy atom. The molecule has 2 aromatic carbocycles. The van der Waals surface area contributed by atoms with Gasteiger partial charge in [-0.1, -0.05) is 48.6 Å². The maximum atomic E-state index is 13.5. The molecule has 9 heteroatoms. The van der Waals surface area contributed by atoms with Crippen molar-refractivity contribution in [1.82, 2.24) is 19.3 Å². The average molecular weight is 431 g/mol. The molecule has 0 aliphatic carbocycles. The van der Waals surface area contributed by atoms with Crippen LogP contribution < -0.4 is 4.72 Å². The summed E-state index contributed by atoms with van der Waals surface area (Å²) in [6.07, 6.45) is 0.773. The van der Waals surface area contributed by atoms with Gasteiger partial charge in [0.05, 0.1) is 22.8 Å². The lowest BCUT2D eigenvalue weighted by atomic mass is 10.1. The molecule has 4 rings (SSSR count). The first-order valence-electron chi connectivity index (χ1n) is 9.07. The van der Waals surface area contributed by atoms with E-state index in [0.717, 1.165) is 23.1 Å². The Labute approximate surface area is 172 Å². The van der Waals surface area contributed by atoms with Crippen molar-refractivity contribution in [2.75, 3.05) is 0 Å². The number of hydrogen-bond acceptors (Lipinski definition) is 5. The average Bonchev–Trinajstić information content (AvgIpc) is 3.27. The number of hydrogen-bond donors (Lipinski definition) is 1. The standard InChI is InChI=1S/C20H19FN4O2S2/c1-3-18-24-25-17(19(23-20(25)28-18)14-7-5-4-6-8-14)12-22-29(26,27)15-9-10-16(21)13(2)11-15/h4-11,22H,3,12H2,1-2H3. The molecule has 4 aromatic rings. The number of halogens is 1. The van der Waals surface area contributed by atoms with Crippen LogP contribution in [0.2, 0.25) is 0 Å². The van der Waals surface area contributed by atoms with Gasteiger partial charge in [0, 0.05) is 5.56 Å². The van der Waals surface area contributed by atoms with Gasteiger partial charge in [0.25, 0.3) is 0 Å². The third kappa shape index (κ3) is 3.81. The minimum absolute atomic E-state index is 0.0110. The fourth-order valence-corrected chi connectivity index (χ4v) is 4.91. The van der Waals surface area contributed by atoms with Crippen molar-refractivity contribution >= 4 is 26.3 Å².